The maximum atomic E-state index is 5.65. The number of hydrogen-bond donors (Lipinski definition) is 0. The Bertz CT molecular complexity index is 308. The van der Waals surface area contributed by atoms with Gasteiger partial charge in [0.1, 0.15) is 0 Å². The van der Waals surface area contributed by atoms with Crippen LogP contribution in [-0.4, -0.2) is 13.2 Å². The van der Waals surface area contributed by atoms with E-state index in [1.54, 1.807) is 0 Å². The summed E-state index contributed by atoms with van der Waals surface area (Å²) in [5.74, 6) is 1.85. The van der Waals surface area contributed by atoms with Crippen molar-refractivity contribution in [3.8, 4) is 11.5 Å². The summed E-state index contributed by atoms with van der Waals surface area (Å²) in [5.41, 5.74) is 1.24. The number of hydrogen-bond acceptors (Lipinski definition) is 2. The Labute approximate surface area is 98.6 Å². The molecule has 1 aliphatic heterocycles. The molecule has 0 atom stereocenters. The van der Waals surface area contributed by atoms with Gasteiger partial charge in [0.25, 0.3) is 0 Å². The summed E-state index contributed by atoms with van der Waals surface area (Å²) in [6.45, 7) is 7.91. The van der Waals surface area contributed by atoms with Crippen LogP contribution in [0.5, 0.6) is 11.5 Å². The Morgan fingerprint density at radius 2 is 1.75 bits per heavy atom. The van der Waals surface area contributed by atoms with Crippen molar-refractivity contribution < 1.29 is 9.47 Å². The summed E-state index contributed by atoms with van der Waals surface area (Å²) >= 11 is 0. The van der Waals surface area contributed by atoms with Crippen LogP contribution >= 0.6 is 0 Å². The Kier molecular flexibility index (Phi) is 5.76. The largest absolute Gasteiger partial charge is 0.490 e. The molecule has 2 nitrogen and oxygen atoms in total. The predicted octanol–water partition coefficient (Wildman–Crippen LogP) is 3.83. The van der Waals surface area contributed by atoms with Crippen LogP contribution in [0.25, 0.3) is 0 Å². The number of ether oxygens (including phenoxy) is 2. The van der Waals surface area contributed by atoms with E-state index in [1.165, 1.54) is 12.0 Å². The third kappa shape index (κ3) is 3.44. The van der Waals surface area contributed by atoms with Crippen LogP contribution in [-0.2, 0) is 6.42 Å². The van der Waals surface area contributed by atoms with Gasteiger partial charge in [-0.25, -0.2) is 0 Å². The Balaban J connectivity index is 0.000000386. The van der Waals surface area contributed by atoms with Crippen LogP contribution < -0.4 is 9.47 Å². The molecule has 0 radical (unpaired) electrons. The van der Waals surface area contributed by atoms with Crippen molar-refractivity contribution in [2.24, 2.45) is 0 Å². The second-order valence-electron chi connectivity index (χ2n) is 3.86. The van der Waals surface area contributed by atoms with Crippen molar-refractivity contribution >= 4 is 0 Å². The van der Waals surface area contributed by atoms with Crippen molar-refractivity contribution in [1.82, 2.24) is 0 Å². The van der Waals surface area contributed by atoms with Crippen LogP contribution in [0.15, 0.2) is 18.2 Å². The van der Waals surface area contributed by atoms with E-state index in [-0.39, 0.29) is 0 Å². The van der Waals surface area contributed by atoms with Gasteiger partial charge in [0, 0.05) is 6.42 Å². The third-order valence-corrected chi connectivity index (χ3v) is 2.23. The molecule has 0 saturated carbocycles. The Hall–Kier alpha value is -1.18. The van der Waals surface area contributed by atoms with Crippen molar-refractivity contribution in [1.29, 1.82) is 0 Å². The lowest BCUT2D eigenvalue weighted by molar-refractivity contribution is 0.296. The SMILES string of the molecule is CCC.CCc1cccc2c1OCCCO2. The minimum absolute atomic E-state index is 0.764. The number of rotatable bonds is 1. The summed E-state index contributed by atoms with van der Waals surface area (Å²) in [6.07, 6.45) is 3.21. The summed E-state index contributed by atoms with van der Waals surface area (Å²) in [6, 6.07) is 6.08. The first-order valence-corrected chi connectivity index (χ1v) is 6.20. The molecule has 1 aromatic carbocycles. The fraction of sp³-hybridized carbons (Fsp3) is 0.571. The first-order valence-electron chi connectivity index (χ1n) is 6.20. The van der Waals surface area contributed by atoms with E-state index in [1.807, 2.05) is 12.1 Å². The van der Waals surface area contributed by atoms with E-state index in [0.717, 1.165) is 37.6 Å². The van der Waals surface area contributed by atoms with Crippen molar-refractivity contribution in [3.05, 3.63) is 23.8 Å². The van der Waals surface area contributed by atoms with E-state index in [0.29, 0.717) is 0 Å². The molecule has 0 N–H and O–H groups in total. The fourth-order valence-corrected chi connectivity index (χ4v) is 1.53. The maximum Gasteiger partial charge on any atom is 0.164 e. The highest BCUT2D eigenvalue weighted by atomic mass is 16.5. The van der Waals surface area contributed by atoms with Gasteiger partial charge in [-0.15, -0.1) is 0 Å². The first-order chi connectivity index (χ1) is 7.83. The zero-order valence-corrected chi connectivity index (χ0v) is 10.6. The molecular weight excluding hydrogens is 200 g/mol. The van der Waals surface area contributed by atoms with E-state index >= 15 is 0 Å². The smallest absolute Gasteiger partial charge is 0.164 e. The van der Waals surface area contributed by atoms with Gasteiger partial charge < -0.3 is 9.47 Å². The van der Waals surface area contributed by atoms with Crippen LogP contribution in [0.3, 0.4) is 0 Å². The highest BCUT2D eigenvalue weighted by Crippen LogP contribution is 2.33. The molecular formula is C14H22O2. The molecule has 1 aliphatic rings. The number of para-hydroxylation sites is 1. The van der Waals surface area contributed by atoms with E-state index in [4.69, 9.17) is 9.47 Å². The van der Waals surface area contributed by atoms with E-state index in [9.17, 15) is 0 Å². The molecule has 2 heteroatoms. The fourth-order valence-electron chi connectivity index (χ4n) is 1.53. The highest BCUT2D eigenvalue weighted by Gasteiger charge is 2.12. The average Bonchev–Trinajstić information content (AvgIpc) is 2.54. The van der Waals surface area contributed by atoms with Gasteiger partial charge in [0.2, 0.25) is 0 Å². The number of benzene rings is 1. The minimum atomic E-state index is 0.764. The van der Waals surface area contributed by atoms with Crippen LogP contribution in [0.1, 0.15) is 39.2 Å². The second-order valence-corrected chi connectivity index (χ2v) is 3.86. The van der Waals surface area contributed by atoms with Gasteiger partial charge in [0.15, 0.2) is 11.5 Å². The quantitative estimate of drug-likeness (QED) is 0.719. The second kappa shape index (κ2) is 7.15. The molecule has 16 heavy (non-hydrogen) atoms. The maximum absolute atomic E-state index is 5.65. The number of aryl methyl sites for hydroxylation is 1. The van der Waals surface area contributed by atoms with Gasteiger partial charge >= 0.3 is 0 Å². The summed E-state index contributed by atoms with van der Waals surface area (Å²) in [4.78, 5) is 0. The highest BCUT2D eigenvalue weighted by molar-refractivity contribution is 5.46. The molecule has 0 fully saturated rings. The molecule has 0 unspecified atom stereocenters. The van der Waals surface area contributed by atoms with Crippen molar-refractivity contribution in [3.63, 3.8) is 0 Å². The minimum Gasteiger partial charge on any atom is -0.490 e. The van der Waals surface area contributed by atoms with Gasteiger partial charge in [-0.2, -0.15) is 0 Å². The van der Waals surface area contributed by atoms with Crippen LogP contribution in [0.4, 0.5) is 0 Å². The van der Waals surface area contributed by atoms with Crippen LogP contribution in [0.2, 0.25) is 0 Å². The Morgan fingerprint density at radius 1 is 1.06 bits per heavy atom. The van der Waals surface area contributed by atoms with Gasteiger partial charge in [-0.1, -0.05) is 39.3 Å². The Morgan fingerprint density at radius 3 is 2.44 bits per heavy atom. The van der Waals surface area contributed by atoms with E-state index < -0.39 is 0 Å². The molecule has 0 spiro atoms. The monoisotopic (exact) mass is 222 g/mol. The lowest BCUT2D eigenvalue weighted by Crippen LogP contribution is -1.98. The van der Waals surface area contributed by atoms with Gasteiger partial charge in [-0.3, -0.25) is 0 Å². The third-order valence-electron chi connectivity index (χ3n) is 2.23. The molecule has 0 aromatic heterocycles. The topological polar surface area (TPSA) is 18.5 Å². The first kappa shape index (κ1) is 12.9. The van der Waals surface area contributed by atoms with Gasteiger partial charge in [0.05, 0.1) is 13.2 Å². The molecule has 0 bridgehead atoms. The normalized spacial score (nSPS) is 13.4. The molecule has 0 amide bonds. The summed E-state index contributed by atoms with van der Waals surface area (Å²) < 4.78 is 11.2. The van der Waals surface area contributed by atoms with E-state index in [2.05, 4.69) is 26.8 Å². The molecule has 2 rings (SSSR count). The molecule has 0 aliphatic carbocycles. The lowest BCUT2D eigenvalue weighted by Gasteiger charge is -2.10. The van der Waals surface area contributed by atoms with Crippen molar-refractivity contribution in [2.75, 3.05) is 13.2 Å². The molecule has 90 valence electrons. The standard InChI is InChI=1S/C11H14O2.C3H8/c1-2-9-5-3-6-10-11(9)13-8-4-7-12-10;1-3-2/h3,5-6H,2,4,7-8H2,1H3;3H2,1-2H3. The zero-order valence-electron chi connectivity index (χ0n) is 10.6. The van der Waals surface area contributed by atoms with Crippen molar-refractivity contribution in [2.45, 2.75) is 40.0 Å². The average molecular weight is 222 g/mol. The zero-order chi connectivity index (χ0) is 11.8. The molecule has 1 heterocycles. The van der Waals surface area contributed by atoms with Crippen LogP contribution in [0, 0.1) is 0 Å². The molecule has 0 saturated heterocycles. The summed E-state index contributed by atoms with van der Waals surface area (Å²) in [5, 5.41) is 0. The summed E-state index contributed by atoms with van der Waals surface area (Å²) in [7, 11) is 0. The van der Waals surface area contributed by atoms with Gasteiger partial charge in [-0.05, 0) is 18.1 Å². The predicted molar refractivity (Wildman–Crippen MR) is 67.4 cm³/mol. The number of fused-ring (bicyclic) bond motifs is 1. The molecule has 1 aromatic rings. The lowest BCUT2D eigenvalue weighted by atomic mass is 10.1.